The topological polar surface area (TPSA) is 47.0 Å². The van der Waals surface area contributed by atoms with E-state index in [-0.39, 0.29) is 0 Å². The van der Waals surface area contributed by atoms with Crippen LogP contribution in [0.3, 0.4) is 0 Å². The molecular formula is C13H14BrN3O. The first-order valence-electron chi connectivity index (χ1n) is 5.61. The molecule has 2 rings (SSSR count). The lowest BCUT2D eigenvalue weighted by Crippen LogP contribution is -2.08. The van der Waals surface area contributed by atoms with Gasteiger partial charge in [0.1, 0.15) is 12.4 Å². The summed E-state index contributed by atoms with van der Waals surface area (Å²) < 4.78 is 6.78. The Morgan fingerprint density at radius 1 is 1.28 bits per heavy atom. The predicted molar refractivity (Wildman–Crippen MR) is 73.3 cm³/mol. The average molecular weight is 308 g/mol. The quantitative estimate of drug-likeness (QED) is 0.922. The minimum Gasteiger partial charge on any atom is -0.485 e. The summed E-state index contributed by atoms with van der Waals surface area (Å²) in [7, 11) is 1.91. The minimum atomic E-state index is 0.374. The van der Waals surface area contributed by atoms with E-state index < -0.39 is 0 Å². The number of hydrogen-bond acceptors (Lipinski definition) is 4. The Morgan fingerprint density at radius 2 is 2.06 bits per heavy atom. The molecule has 1 aromatic carbocycles. The Labute approximate surface area is 115 Å². The summed E-state index contributed by atoms with van der Waals surface area (Å²) in [6, 6.07) is 7.73. The lowest BCUT2D eigenvalue weighted by atomic mass is 10.2. The van der Waals surface area contributed by atoms with Gasteiger partial charge in [-0.05, 0) is 31.3 Å². The molecule has 0 bridgehead atoms. The van der Waals surface area contributed by atoms with E-state index in [0.717, 1.165) is 22.3 Å². The van der Waals surface area contributed by atoms with E-state index in [1.54, 1.807) is 18.5 Å². The standard InChI is InChI=1S/C13H14BrN3O/c1-15-8-10-7-11(14)3-4-12(10)18-9-13-16-5-2-6-17-13/h2-7,15H,8-9H2,1H3. The molecule has 0 saturated heterocycles. The van der Waals surface area contributed by atoms with Gasteiger partial charge in [-0.3, -0.25) is 0 Å². The van der Waals surface area contributed by atoms with Crippen LogP contribution < -0.4 is 10.1 Å². The molecule has 0 atom stereocenters. The zero-order valence-corrected chi connectivity index (χ0v) is 11.6. The van der Waals surface area contributed by atoms with Gasteiger partial charge in [-0.15, -0.1) is 0 Å². The highest BCUT2D eigenvalue weighted by Gasteiger charge is 2.05. The zero-order valence-electron chi connectivity index (χ0n) is 10.1. The molecule has 1 heterocycles. The number of halogens is 1. The summed E-state index contributed by atoms with van der Waals surface area (Å²) in [5, 5.41) is 3.12. The summed E-state index contributed by atoms with van der Waals surface area (Å²) >= 11 is 3.45. The highest BCUT2D eigenvalue weighted by molar-refractivity contribution is 9.10. The largest absolute Gasteiger partial charge is 0.485 e. The molecule has 0 spiro atoms. The van der Waals surface area contributed by atoms with Crippen molar-refractivity contribution in [3.05, 3.63) is 52.5 Å². The summed E-state index contributed by atoms with van der Waals surface area (Å²) in [5.41, 5.74) is 1.10. The molecule has 0 saturated carbocycles. The fourth-order valence-corrected chi connectivity index (χ4v) is 1.97. The molecule has 0 aliphatic rings. The van der Waals surface area contributed by atoms with Gasteiger partial charge in [0.25, 0.3) is 0 Å². The SMILES string of the molecule is CNCc1cc(Br)ccc1OCc1ncccn1. The third kappa shape index (κ3) is 3.51. The van der Waals surface area contributed by atoms with E-state index in [2.05, 4.69) is 31.2 Å². The van der Waals surface area contributed by atoms with Crippen LogP contribution >= 0.6 is 15.9 Å². The van der Waals surface area contributed by atoms with Crippen molar-refractivity contribution < 1.29 is 4.74 Å². The Kier molecular flexibility index (Phi) is 4.66. The Morgan fingerprint density at radius 3 is 2.78 bits per heavy atom. The number of nitrogens with zero attached hydrogens (tertiary/aromatic N) is 2. The van der Waals surface area contributed by atoms with Gasteiger partial charge in [0.2, 0.25) is 0 Å². The van der Waals surface area contributed by atoms with Crippen molar-refractivity contribution in [3.8, 4) is 5.75 Å². The normalized spacial score (nSPS) is 10.3. The van der Waals surface area contributed by atoms with E-state index >= 15 is 0 Å². The van der Waals surface area contributed by atoms with Gasteiger partial charge in [-0.1, -0.05) is 15.9 Å². The number of benzene rings is 1. The van der Waals surface area contributed by atoms with Crippen molar-refractivity contribution in [3.63, 3.8) is 0 Å². The highest BCUT2D eigenvalue weighted by Crippen LogP contribution is 2.23. The average Bonchev–Trinajstić information content (AvgIpc) is 2.39. The Balaban J connectivity index is 2.09. The second kappa shape index (κ2) is 6.47. The minimum absolute atomic E-state index is 0.374. The molecule has 94 valence electrons. The molecule has 0 radical (unpaired) electrons. The summed E-state index contributed by atoms with van der Waals surface area (Å²) in [6.45, 7) is 1.13. The number of hydrogen-bond donors (Lipinski definition) is 1. The van der Waals surface area contributed by atoms with Crippen LogP contribution in [0.4, 0.5) is 0 Å². The number of nitrogens with one attached hydrogen (secondary N) is 1. The molecule has 1 N–H and O–H groups in total. The molecule has 0 aliphatic carbocycles. The van der Waals surface area contributed by atoms with Crippen molar-refractivity contribution in [2.75, 3.05) is 7.05 Å². The van der Waals surface area contributed by atoms with Crippen molar-refractivity contribution in [2.24, 2.45) is 0 Å². The lowest BCUT2D eigenvalue weighted by molar-refractivity contribution is 0.292. The monoisotopic (exact) mass is 307 g/mol. The summed E-state index contributed by atoms with van der Waals surface area (Å²) in [4.78, 5) is 8.25. The zero-order chi connectivity index (χ0) is 12.8. The van der Waals surface area contributed by atoms with Crippen LogP contribution in [0.2, 0.25) is 0 Å². The van der Waals surface area contributed by atoms with Crippen LogP contribution in [-0.4, -0.2) is 17.0 Å². The van der Waals surface area contributed by atoms with Crippen molar-refractivity contribution >= 4 is 15.9 Å². The third-order valence-corrected chi connectivity index (χ3v) is 2.86. The van der Waals surface area contributed by atoms with Crippen molar-refractivity contribution in [1.29, 1.82) is 0 Å². The lowest BCUT2D eigenvalue weighted by Gasteiger charge is -2.11. The van der Waals surface area contributed by atoms with Crippen LogP contribution in [0, 0.1) is 0 Å². The van der Waals surface area contributed by atoms with E-state index in [0.29, 0.717) is 12.4 Å². The molecule has 18 heavy (non-hydrogen) atoms. The van der Waals surface area contributed by atoms with Crippen LogP contribution in [0.1, 0.15) is 11.4 Å². The van der Waals surface area contributed by atoms with Gasteiger partial charge in [0.15, 0.2) is 5.82 Å². The van der Waals surface area contributed by atoms with Crippen molar-refractivity contribution in [2.45, 2.75) is 13.2 Å². The van der Waals surface area contributed by atoms with Gasteiger partial charge >= 0.3 is 0 Å². The number of aromatic nitrogens is 2. The maximum absolute atomic E-state index is 5.74. The fraction of sp³-hybridized carbons (Fsp3) is 0.231. The first kappa shape index (κ1) is 13.0. The fourth-order valence-electron chi connectivity index (χ4n) is 1.56. The molecular weight excluding hydrogens is 294 g/mol. The van der Waals surface area contributed by atoms with E-state index in [4.69, 9.17) is 4.74 Å². The second-order valence-corrected chi connectivity index (χ2v) is 4.65. The van der Waals surface area contributed by atoms with Gasteiger partial charge < -0.3 is 10.1 Å². The van der Waals surface area contributed by atoms with Gasteiger partial charge in [0, 0.05) is 29.0 Å². The molecule has 2 aromatic rings. The molecule has 4 nitrogen and oxygen atoms in total. The molecule has 5 heteroatoms. The number of rotatable bonds is 5. The number of ether oxygens (including phenoxy) is 1. The molecule has 0 fully saturated rings. The van der Waals surface area contributed by atoms with E-state index in [1.807, 2.05) is 25.2 Å². The van der Waals surface area contributed by atoms with Crippen LogP contribution in [0.15, 0.2) is 41.1 Å². The van der Waals surface area contributed by atoms with Gasteiger partial charge in [-0.2, -0.15) is 0 Å². The molecule has 0 unspecified atom stereocenters. The Hall–Kier alpha value is -1.46. The smallest absolute Gasteiger partial charge is 0.166 e. The van der Waals surface area contributed by atoms with Crippen LogP contribution in [-0.2, 0) is 13.2 Å². The van der Waals surface area contributed by atoms with Gasteiger partial charge in [0.05, 0.1) is 0 Å². The maximum atomic E-state index is 5.74. The third-order valence-electron chi connectivity index (χ3n) is 2.37. The second-order valence-electron chi connectivity index (χ2n) is 3.74. The van der Waals surface area contributed by atoms with E-state index in [9.17, 15) is 0 Å². The predicted octanol–water partition coefficient (Wildman–Crippen LogP) is 2.54. The first-order valence-corrected chi connectivity index (χ1v) is 6.40. The maximum Gasteiger partial charge on any atom is 0.166 e. The first-order chi connectivity index (χ1) is 8.79. The highest BCUT2D eigenvalue weighted by atomic mass is 79.9. The Bertz CT molecular complexity index is 505. The van der Waals surface area contributed by atoms with Crippen LogP contribution in [0.5, 0.6) is 5.75 Å². The summed E-state index contributed by atoms with van der Waals surface area (Å²) in [6.07, 6.45) is 3.42. The molecule has 0 amide bonds. The molecule has 1 aromatic heterocycles. The van der Waals surface area contributed by atoms with E-state index in [1.165, 1.54) is 0 Å². The van der Waals surface area contributed by atoms with Crippen molar-refractivity contribution in [1.82, 2.24) is 15.3 Å². The van der Waals surface area contributed by atoms with Gasteiger partial charge in [-0.25, -0.2) is 9.97 Å². The summed E-state index contributed by atoms with van der Waals surface area (Å²) in [5.74, 6) is 1.52. The van der Waals surface area contributed by atoms with Crippen LogP contribution in [0.25, 0.3) is 0 Å². The molecule has 0 aliphatic heterocycles.